The first-order valence-electron chi connectivity index (χ1n) is 7.60. The third-order valence-electron chi connectivity index (χ3n) is 4.01. The molecule has 1 aromatic heterocycles. The zero-order valence-corrected chi connectivity index (χ0v) is 13.6. The Kier molecular flexibility index (Phi) is 4.33. The highest BCUT2D eigenvalue weighted by atomic mass is 16.5. The van der Waals surface area contributed by atoms with Gasteiger partial charge in [-0.1, -0.05) is 30.3 Å². The van der Waals surface area contributed by atoms with Gasteiger partial charge < -0.3 is 14.6 Å². The topological polar surface area (TPSA) is 60.3 Å². The fraction of sp³-hybridized carbons (Fsp3) is 0.158. The fourth-order valence-corrected chi connectivity index (χ4v) is 2.62. The van der Waals surface area contributed by atoms with Crippen LogP contribution in [0.2, 0.25) is 0 Å². The Morgan fingerprint density at radius 1 is 1.12 bits per heavy atom. The number of ether oxygens (including phenoxy) is 1. The second kappa shape index (κ2) is 6.58. The Morgan fingerprint density at radius 3 is 2.54 bits per heavy atom. The predicted octanol–water partition coefficient (Wildman–Crippen LogP) is 2.48. The van der Waals surface area contributed by atoms with E-state index in [0.717, 1.165) is 22.2 Å². The number of carbonyl (C=O) groups is 1. The first kappa shape index (κ1) is 15.8. The molecule has 2 aromatic carbocycles. The zero-order chi connectivity index (χ0) is 17.1. The summed E-state index contributed by atoms with van der Waals surface area (Å²) >= 11 is 0. The molecule has 0 bridgehead atoms. The molecule has 0 aliphatic rings. The normalized spacial score (nSPS) is 10.6. The van der Waals surface area contributed by atoms with E-state index in [-0.39, 0.29) is 11.5 Å². The third kappa shape index (κ3) is 3.01. The van der Waals surface area contributed by atoms with Crippen molar-refractivity contribution in [3.63, 3.8) is 0 Å². The van der Waals surface area contributed by atoms with Crippen LogP contribution < -0.4 is 15.6 Å². The van der Waals surface area contributed by atoms with E-state index in [1.54, 1.807) is 14.2 Å². The van der Waals surface area contributed by atoms with Crippen molar-refractivity contribution < 1.29 is 9.53 Å². The van der Waals surface area contributed by atoms with Crippen LogP contribution in [0.5, 0.6) is 5.75 Å². The van der Waals surface area contributed by atoms with Crippen LogP contribution >= 0.6 is 0 Å². The van der Waals surface area contributed by atoms with E-state index in [1.807, 2.05) is 48.5 Å². The molecule has 24 heavy (non-hydrogen) atoms. The molecular formula is C19H18N2O3. The highest BCUT2D eigenvalue weighted by Crippen LogP contribution is 2.16. The summed E-state index contributed by atoms with van der Waals surface area (Å²) in [5.41, 5.74) is 1.88. The van der Waals surface area contributed by atoms with Crippen molar-refractivity contribution in [2.45, 2.75) is 6.54 Å². The van der Waals surface area contributed by atoms with Gasteiger partial charge in [-0.25, -0.2) is 0 Å². The molecule has 0 aliphatic carbocycles. The molecule has 122 valence electrons. The molecule has 0 spiro atoms. The number of benzene rings is 2. The molecule has 0 aliphatic heterocycles. The SMILES string of the molecule is COc1ccc(CNC(=O)c2cc(=O)n(C)c3ccccc23)cc1. The number of pyridine rings is 1. The molecule has 5 heteroatoms. The monoisotopic (exact) mass is 322 g/mol. The van der Waals surface area contributed by atoms with Gasteiger partial charge in [-0.15, -0.1) is 0 Å². The van der Waals surface area contributed by atoms with Gasteiger partial charge in [0.1, 0.15) is 5.75 Å². The van der Waals surface area contributed by atoms with Gasteiger partial charge in [-0.2, -0.15) is 0 Å². The number of rotatable bonds is 4. The molecule has 3 rings (SSSR count). The molecule has 0 fully saturated rings. The summed E-state index contributed by atoms with van der Waals surface area (Å²) in [6, 6.07) is 16.2. The molecule has 0 saturated carbocycles. The smallest absolute Gasteiger partial charge is 0.252 e. The maximum absolute atomic E-state index is 12.5. The number of methoxy groups -OCH3 is 1. The first-order valence-corrected chi connectivity index (χ1v) is 7.60. The van der Waals surface area contributed by atoms with Crippen molar-refractivity contribution in [2.75, 3.05) is 7.11 Å². The zero-order valence-electron chi connectivity index (χ0n) is 13.6. The number of fused-ring (bicyclic) bond motifs is 1. The van der Waals surface area contributed by atoms with E-state index >= 15 is 0 Å². The molecular weight excluding hydrogens is 304 g/mol. The van der Waals surface area contributed by atoms with Crippen LogP contribution in [-0.4, -0.2) is 17.6 Å². The summed E-state index contributed by atoms with van der Waals surface area (Å²) in [7, 11) is 3.31. The van der Waals surface area contributed by atoms with Gasteiger partial charge in [0.2, 0.25) is 0 Å². The lowest BCUT2D eigenvalue weighted by Gasteiger charge is -2.11. The number of nitrogens with one attached hydrogen (secondary N) is 1. The number of aryl methyl sites for hydroxylation is 1. The summed E-state index contributed by atoms with van der Waals surface area (Å²) < 4.78 is 6.65. The number of nitrogens with zero attached hydrogens (tertiary/aromatic N) is 1. The van der Waals surface area contributed by atoms with Crippen molar-refractivity contribution in [2.24, 2.45) is 7.05 Å². The van der Waals surface area contributed by atoms with Crippen LogP contribution in [0.1, 0.15) is 15.9 Å². The van der Waals surface area contributed by atoms with Gasteiger partial charge in [0.25, 0.3) is 11.5 Å². The van der Waals surface area contributed by atoms with Crippen molar-refractivity contribution in [3.8, 4) is 5.75 Å². The summed E-state index contributed by atoms with van der Waals surface area (Å²) in [4.78, 5) is 24.6. The van der Waals surface area contributed by atoms with Crippen molar-refractivity contribution in [3.05, 3.63) is 76.1 Å². The number of para-hydroxylation sites is 1. The van der Waals surface area contributed by atoms with Crippen LogP contribution in [0.15, 0.2) is 59.4 Å². The number of carbonyl (C=O) groups excluding carboxylic acids is 1. The Labute approximate surface area is 139 Å². The summed E-state index contributed by atoms with van der Waals surface area (Å²) in [5.74, 6) is 0.502. The second-order valence-corrected chi connectivity index (χ2v) is 5.50. The molecule has 5 nitrogen and oxygen atoms in total. The molecule has 1 N–H and O–H groups in total. The van der Waals surface area contributed by atoms with Gasteiger partial charge in [0.15, 0.2) is 0 Å². The minimum Gasteiger partial charge on any atom is -0.497 e. The number of aromatic nitrogens is 1. The molecule has 0 atom stereocenters. The van der Waals surface area contributed by atoms with E-state index < -0.39 is 0 Å². The number of amides is 1. The van der Waals surface area contributed by atoms with Gasteiger partial charge >= 0.3 is 0 Å². The van der Waals surface area contributed by atoms with Gasteiger partial charge in [-0.05, 0) is 23.8 Å². The highest BCUT2D eigenvalue weighted by Gasteiger charge is 2.13. The van der Waals surface area contributed by atoms with Crippen LogP contribution in [0, 0.1) is 0 Å². The predicted molar refractivity (Wildman–Crippen MR) is 93.4 cm³/mol. The number of hydrogen-bond acceptors (Lipinski definition) is 3. The first-order chi connectivity index (χ1) is 11.6. The fourth-order valence-electron chi connectivity index (χ4n) is 2.62. The minimum atomic E-state index is -0.264. The van der Waals surface area contributed by atoms with Crippen molar-refractivity contribution in [1.82, 2.24) is 9.88 Å². The summed E-state index contributed by atoms with van der Waals surface area (Å²) in [5, 5.41) is 3.62. The van der Waals surface area contributed by atoms with Crippen LogP contribution in [-0.2, 0) is 13.6 Å². The molecule has 0 unspecified atom stereocenters. The highest BCUT2D eigenvalue weighted by molar-refractivity contribution is 6.06. The largest absolute Gasteiger partial charge is 0.497 e. The Balaban J connectivity index is 1.86. The van der Waals surface area contributed by atoms with Crippen LogP contribution in [0.4, 0.5) is 0 Å². The maximum Gasteiger partial charge on any atom is 0.252 e. The Morgan fingerprint density at radius 2 is 1.83 bits per heavy atom. The van der Waals surface area contributed by atoms with E-state index in [0.29, 0.717) is 12.1 Å². The van der Waals surface area contributed by atoms with Crippen molar-refractivity contribution in [1.29, 1.82) is 0 Å². The minimum absolute atomic E-state index is 0.205. The summed E-state index contributed by atoms with van der Waals surface area (Å²) in [6.45, 7) is 0.381. The Hall–Kier alpha value is -3.08. The maximum atomic E-state index is 12.5. The molecule has 1 heterocycles. The average Bonchev–Trinajstić information content (AvgIpc) is 2.63. The molecule has 1 amide bonds. The second-order valence-electron chi connectivity index (χ2n) is 5.50. The van der Waals surface area contributed by atoms with Gasteiger partial charge in [0, 0.05) is 25.0 Å². The number of hydrogen-bond donors (Lipinski definition) is 1. The lowest BCUT2D eigenvalue weighted by Crippen LogP contribution is -2.26. The van der Waals surface area contributed by atoms with Gasteiger partial charge in [-0.3, -0.25) is 9.59 Å². The third-order valence-corrected chi connectivity index (χ3v) is 4.01. The molecule has 3 aromatic rings. The standard InChI is InChI=1S/C19H18N2O3/c1-21-17-6-4-3-5-15(17)16(11-18(21)22)19(23)20-12-13-7-9-14(24-2)10-8-13/h3-11H,12H2,1-2H3,(H,20,23). The van der Waals surface area contributed by atoms with Crippen LogP contribution in [0.25, 0.3) is 10.9 Å². The lowest BCUT2D eigenvalue weighted by atomic mass is 10.1. The Bertz CT molecular complexity index is 943. The van der Waals surface area contributed by atoms with E-state index in [1.165, 1.54) is 10.6 Å². The van der Waals surface area contributed by atoms with E-state index in [4.69, 9.17) is 4.74 Å². The quantitative estimate of drug-likeness (QED) is 0.803. The lowest BCUT2D eigenvalue weighted by molar-refractivity contribution is 0.0952. The van der Waals surface area contributed by atoms with E-state index in [2.05, 4.69) is 5.32 Å². The summed E-state index contributed by atoms with van der Waals surface area (Å²) in [6.07, 6.45) is 0. The van der Waals surface area contributed by atoms with E-state index in [9.17, 15) is 9.59 Å². The molecule has 0 radical (unpaired) electrons. The molecule has 0 saturated heterocycles. The van der Waals surface area contributed by atoms with Crippen LogP contribution in [0.3, 0.4) is 0 Å². The van der Waals surface area contributed by atoms with Crippen molar-refractivity contribution >= 4 is 16.8 Å². The van der Waals surface area contributed by atoms with Gasteiger partial charge in [0.05, 0.1) is 18.2 Å². The average molecular weight is 322 g/mol.